The van der Waals surface area contributed by atoms with Crippen LogP contribution in [0, 0.1) is 0 Å². The highest BCUT2D eigenvalue weighted by Crippen LogP contribution is 2.11. The number of hydrogen-bond donors (Lipinski definition) is 1. The molecular weight excluding hydrogens is 556 g/mol. The van der Waals surface area contributed by atoms with Crippen molar-refractivity contribution in [1.29, 1.82) is 0 Å². The van der Waals surface area contributed by atoms with Crippen LogP contribution in [0.1, 0.15) is 41.5 Å². The van der Waals surface area contributed by atoms with Crippen LogP contribution in [0.5, 0.6) is 0 Å². The number of carbonyl (C=O) groups excluding carboxylic acids is 3. The van der Waals surface area contributed by atoms with Gasteiger partial charge in [-0.25, -0.2) is 14.7 Å². The molecular formula is C36H38N2O6. The molecule has 0 spiro atoms. The van der Waals surface area contributed by atoms with Crippen LogP contribution in [0.25, 0.3) is 0 Å². The molecule has 0 radical (unpaired) electrons. The first-order valence-corrected chi connectivity index (χ1v) is 14.8. The van der Waals surface area contributed by atoms with E-state index in [1.165, 1.54) is 5.06 Å². The van der Waals surface area contributed by atoms with E-state index in [2.05, 4.69) is 5.32 Å². The van der Waals surface area contributed by atoms with E-state index < -0.39 is 24.0 Å². The quantitative estimate of drug-likeness (QED) is 0.119. The second-order valence-electron chi connectivity index (χ2n) is 10.2. The summed E-state index contributed by atoms with van der Waals surface area (Å²) < 4.78 is 10.9. The van der Waals surface area contributed by atoms with Gasteiger partial charge in [0.25, 0.3) is 0 Å². The lowest BCUT2D eigenvalue weighted by atomic mass is 10.1. The number of ether oxygens (including phenoxy) is 2. The molecule has 0 aromatic heterocycles. The van der Waals surface area contributed by atoms with Crippen LogP contribution in [-0.2, 0) is 50.1 Å². The number of nitrogens with zero attached hydrogens (tertiary/aromatic N) is 1. The van der Waals surface area contributed by atoms with Crippen molar-refractivity contribution in [2.24, 2.45) is 0 Å². The fraction of sp³-hybridized carbons (Fsp3) is 0.250. The molecule has 1 unspecified atom stereocenters. The second-order valence-corrected chi connectivity index (χ2v) is 10.2. The first kappa shape index (κ1) is 32.0. The van der Waals surface area contributed by atoms with Crippen LogP contribution < -0.4 is 5.32 Å². The molecule has 2 amide bonds. The van der Waals surface area contributed by atoms with Crippen LogP contribution in [0.2, 0.25) is 0 Å². The molecule has 0 aliphatic rings. The van der Waals surface area contributed by atoms with Crippen molar-refractivity contribution >= 4 is 18.0 Å². The minimum Gasteiger partial charge on any atom is -0.461 e. The predicted octanol–water partition coefficient (Wildman–Crippen LogP) is 6.40. The maximum Gasteiger partial charge on any atom is 0.342 e. The van der Waals surface area contributed by atoms with Crippen LogP contribution >= 0.6 is 0 Å². The zero-order chi connectivity index (χ0) is 30.8. The van der Waals surface area contributed by atoms with Crippen molar-refractivity contribution in [3.05, 3.63) is 144 Å². The molecule has 4 rings (SSSR count). The fourth-order valence-electron chi connectivity index (χ4n) is 4.39. The Labute approximate surface area is 258 Å². The van der Waals surface area contributed by atoms with E-state index in [-0.39, 0.29) is 32.7 Å². The van der Waals surface area contributed by atoms with Gasteiger partial charge in [-0.2, -0.15) is 0 Å². The van der Waals surface area contributed by atoms with Gasteiger partial charge in [-0.1, -0.05) is 121 Å². The van der Waals surface area contributed by atoms with Crippen molar-refractivity contribution in [2.75, 3.05) is 6.54 Å². The van der Waals surface area contributed by atoms with Gasteiger partial charge < -0.3 is 14.8 Å². The summed E-state index contributed by atoms with van der Waals surface area (Å²) in [4.78, 5) is 45.2. The molecule has 8 nitrogen and oxygen atoms in total. The number of carbonyl (C=O) groups is 3. The number of amides is 2. The van der Waals surface area contributed by atoms with Gasteiger partial charge in [0.2, 0.25) is 0 Å². The van der Waals surface area contributed by atoms with Gasteiger partial charge in [-0.3, -0.25) is 9.63 Å². The Morgan fingerprint density at radius 3 is 1.64 bits per heavy atom. The van der Waals surface area contributed by atoms with Gasteiger partial charge in [0.1, 0.15) is 25.9 Å². The van der Waals surface area contributed by atoms with E-state index >= 15 is 0 Å². The van der Waals surface area contributed by atoms with Crippen molar-refractivity contribution < 1.29 is 28.7 Å². The molecule has 0 aliphatic heterocycles. The molecule has 228 valence electrons. The molecule has 0 saturated carbocycles. The van der Waals surface area contributed by atoms with Gasteiger partial charge in [-0.15, -0.1) is 0 Å². The zero-order valence-corrected chi connectivity index (χ0v) is 24.7. The molecule has 0 aliphatic carbocycles. The monoisotopic (exact) mass is 594 g/mol. The van der Waals surface area contributed by atoms with Gasteiger partial charge in [-0.05, 0) is 41.5 Å². The van der Waals surface area contributed by atoms with Gasteiger partial charge in [0, 0.05) is 6.42 Å². The third kappa shape index (κ3) is 11.4. The summed E-state index contributed by atoms with van der Waals surface area (Å²) in [5.41, 5.74) is 3.71. The van der Waals surface area contributed by atoms with Crippen LogP contribution in [0.15, 0.2) is 121 Å². The van der Waals surface area contributed by atoms with E-state index in [0.29, 0.717) is 13.0 Å². The predicted molar refractivity (Wildman–Crippen MR) is 167 cm³/mol. The molecule has 4 aromatic rings. The average molecular weight is 595 g/mol. The molecule has 4 aromatic carbocycles. The summed E-state index contributed by atoms with van der Waals surface area (Å²) >= 11 is 0. The van der Waals surface area contributed by atoms with E-state index in [1.54, 1.807) is 0 Å². The Kier molecular flexibility index (Phi) is 13.0. The van der Waals surface area contributed by atoms with Gasteiger partial charge in [0.15, 0.2) is 0 Å². The normalized spacial score (nSPS) is 11.3. The first-order valence-electron chi connectivity index (χ1n) is 14.8. The lowest BCUT2D eigenvalue weighted by molar-refractivity contribution is -0.150. The number of hydroxylamine groups is 2. The number of urea groups is 1. The lowest BCUT2D eigenvalue weighted by Gasteiger charge is -2.25. The third-order valence-electron chi connectivity index (χ3n) is 6.81. The van der Waals surface area contributed by atoms with Crippen LogP contribution in [-0.4, -0.2) is 35.6 Å². The number of benzene rings is 4. The standard InChI is InChI=1S/C36H38N2O6/c39-34(42-26-30-16-7-2-8-17-30)24-23-33(35(40)43-27-31-18-9-3-10-19-31)37-36(41)38(44-28-32-20-11-4-12-21-32)25-13-22-29-14-5-1-6-15-29/h1-12,14-21,33H,13,22-28H2,(H,37,41). The van der Waals surface area contributed by atoms with Crippen molar-refractivity contribution in [1.82, 2.24) is 10.4 Å². The van der Waals surface area contributed by atoms with Crippen LogP contribution in [0.3, 0.4) is 0 Å². The summed E-state index contributed by atoms with van der Waals surface area (Å²) in [6.07, 6.45) is 1.30. The Bertz CT molecular complexity index is 1420. The Balaban J connectivity index is 1.40. The number of esters is 2. The summed E-state index contributed by atoms with van der Waals surface area (Å²) in [5.74, 6) is -1.13. The highest BCUT2D eigenvalue weighted by atomic mass is 16.7. The summed E-state index contributed by atoms with van der Waals surface area (Å²) in [7, 11) is 0. The minimum absolute atomic E-state index is 0.00350. The summed E-state index contributed by atoms with van der Waals surface area (Å²) in [5, 5.41) is 3.98. The first-order chi connectivity index (χ1) is 21.6. The second kappa shape index (κ2) is 17.9. The maximum atomic E-state index is 13.5. The summed E-state index contributed by atoms with van der Waals surface area (Å²) in [6, 6.07) is 36.4. The van der Waals surface area contributed by atoms with Crippen molar-refractivity contribution in [3.8, 4) is 0 Å². The van der Waals surface area contributed by atoms with Gasteiger partial charge >= 0.3 is 18.0 Å². The number of rotatable bonds is 16. The van der Waals surface area contributed by atoms with Gasteiger partial charge in [0.05, 0.1) is 6.54 Å². The Hall–Kier alpha value is -4.95. The minimum atomic E-state index is -1.09. The highest BCUT2D eigenvalue weighted by Gasteiger charge is 2.27. The lowest BCUT2D eigenvalue weighted by Crippen LogP contribution is -2.49. The molecule has 44 heavy (non-hydrogen) atoms. The Morgan fingerprint density at radius 2 is 1.09 bits per heavy atom. The molecule has 0 saturated heterocycles. The average Bonchev–Trinajstić information content (AvgIpc) is 3.07. The smallest absolute Gasteiger partial charge is 0.342 e. The van der Waals surface area contributed by atoms with Crippen molar-refractivity contribution in [2.45, 2.75) is 51.5 Å². The van der Waals surface area contributed by atoms with Crippen LogP contribution in [0.4, 0.5) is 4.79 Å². The Morgan fingerprint density at radius 1 is 0.614 bits per heavy atom. The summed E-state index contributed by atoms with van der Waals surface area (Å²) in [6.45, 7) is 0.625. The molecule has 8 heteroatoms. The fourth-order valence-corrected chi connectivity index (χ4v) is 4.39. The third-order valence-corrected chi connectivity index (χ3v) is 6.81. The maximum absolute atomic E-state index is 13.5. The van der Waals surface area contributed by atoms with E-state index in [1.807, 2.05) is 121 Å². The number of aryl methyl sites for hydroxylation is 1. The molecule has 0 bridgehead atoms. The van der Waals surface area contributed by atoms with Crippen molar-refractivity contribution in [3.63, 3.8) is 0 Å². The van der Waals surface area contributed by atoms with E-state index in [9.17, 15) is 14.4 Å². The molecule has 1 N–H and O–H groups in total. The SMILES string of the molecule is O=C(CCC(NC(=O)N(CCCc1ccccc1)OCc1ccccc1)C(=O)OCc1ccccc1)OCc1ccccc1. The topological polar surface area (TPSA) is 94.2 Å². The highest BCUT2D eigenvalue weighted by molar-refractivity contribution is 5.83. The largest absolute Gasteiger partial charge is 0.461 e. The van der Waals surface area contributed by atoms with E-state index in [0.717, 1.165) is 28.7 Å². The molecule has 0 heterocycles. The number of hydrogen-bond acceptors (Lipinski definition) is 6. The molecule has 0 fully saturated rings. The number of nitrogens with one attached hydrogen (secondary N) is 1. The zero-order valence-electron chi connectivity index (χ0n) is 24.7. The van der Waals surface area contributed by atoms with E-state index in [4.69, 9.17) is 14.3 Å². The molecule has 1 atom stereocenters.